The first kappa shape index (κ1) is 17.4. The van der Waals surface area contributed by atoms with Crippen LogP contribution in [0.4, 0.5) is 0 Å². The maximum absolute atomic E-state index is 12.5. The number of hydrogen-bond acceptors (Lipinski definition) is 3. The molecule has 1 aliphatic heterocycles. The van der Waals surface area contributed by atoms with Crippen LogP contribution in [0.3, 0.4) is 0 Å². The van der Waals surface area contributed by atoms with E-state index < -0.39 is 0 Å². The molecule has 1 aromatic carbocycles. The van der Waals surface area contributed by atoms with Gasteiger partial charge in [0.1, 0.15) is 6.54 Å². The Morgan fingerprint density at radius 2 is 1.80 bits per heavy atom. The number of carbonyl (C=O) groups is 1. The molecule has 3 rings (SSSR count). The number of hydrogen-bond donors (Lipinski definition) is 0. The first-order chi connectivity index (χ1) is 12.1. The molecule has 2 heterocycles. The van der Waals surface area contributed by atoms with E-state index in [2.05, 4.69) is 36.1 Å². The molecule has 0 aliphatic carbocycles. The summed E-state index contributed by atoms with van der Waals surface area (Å²) < 4.78 is 1.47. The Balaban J connectivity index is 1.58. The third-order valence-electron chi connectivity index (χ3n) is 4.80. The fourth-order valence-electron chi connectivity index (χ4n) is 3.24. The van der Waals surface area contributed by atoms with Crippen LogP contribution in [0, 0.1) is 6.92 Å². The Morgan fingerprint density at radius 1 is 1.00 bits per heavy atom. The predicted octanol–water partition coefficient (Wildman–Crippen LogP) is 1.89. The van der Waals surface area contributed by atoms with Crippen LogP contribution in [0.1, 0.15) is 17.5 Å². The molecule has 1 aromatic heterocycles. The third-order valence-corrected chi connectivity index (χ3v) is 4.80. The summed E-state index contributed by atoms with van der Waals surface area (Å²) in [6, 6.07) is 13.4. The molecule has 0 radical (unpaired) electrons. The lowest BCUT2D eigenvalue weighted by Gasteiger charge is -2.23. The largest absolute Gasteiger partial charge is 0.340 e. The van der Waals surface area contributed by atoms with Gasteiger partial charge in [-0.15, -0.1) is 0 Å². The second-order valence-corrected chi connectivity index (χ2v) is 6.60. The van der Waals surface area contributed by atoms with Crippen LogP contribution >= 0.6 is 0 Å². The van der Waals surface area contributed by atoms with Crippen LogP contribution in [0.15, 0.2) is 53.5 Å². The molecule has 1 saturated heterocycles. The fourth-order valence-corrected chi connectivity index (χ4v) is 3.24. The highest BCUT2D eigenvalue weighted by atomic mass is 16.2. The molecule has 132 valence electrons. The first-order valence-electron chi connectivity index (χ1n) is 8.83. The number of amides is 1. The molecule has 1 amide bonds. The van der Waals surface area contributed by atoms with E-state index in [0.29, 0.717) is 6.54 Å². The standard InChI is InChI=1S/C20H25N3O2/c1-17-7-2-3-8-18(17)15-21-10-6-12-22(14-13-21)20(25)16-23-11-5-4-9-19(23)24/h2-5,7-9,11H,6,10,12-16H2,1H3. The fraction of sp³-hybridized carbons (Fsp3) is 0.400. The van der Waals surface area contributed by atoms with Crippen molar-refractivity contribution >= 4 is 5.91 Å². The number of aryl methyl sites for hydroxylation is 1. The van der Waals surface area contributed by atoms with E-state index in [1.165, 1.54) is 21.8 Å². The highest BCUT2D eigenvalue weighted by Gasteiger charge is 2.19. The number of pyridine rings is 1. The molecule has 5 heteroatoms. The highest BCUT2D eigenvalue weighted by molar-refractivity contribution is 5.76. The summed E-state index contributed by atoms with van der Waals surface area (Å²) in [5.41, 5.74) is 2.52. The van der Waals surface area contributed by atoms with Crippen molar-refractivity contribution < 1.29 is 4.79 Å². The second kappa shape index (κ2) is 8.12. The first-order valence-corrected chi connectivity index (χ1v) is 8.83. The van der Waals surface area contributed by atoms with E-state index in [4.69, 9.17) is 0 Å². The minimum atomic E-state index is -0.133. The van der Waals surface area contributed by atoms with Crippen LogP contribution in [-0.2, 0) is 17.9 Å². The molecule has 0 spiro atoms. The van der Waals surface area contributed by atoms with Gasteiger partial charge in [-0.3, -0.25) is 14.5 Å². The zero-order chi connectivity index (χ0) is 17.6. The zero-order valence-electron chi connectivity index (χ0n) is 14.7. The maximum atomic E-state index is 12.5. The lowest BCUT2D eigenvalue weighted by molar-refractivity contribution is -0.131. The average molecular weight is 339 g/mol. The number of aromatic nitrogens is 1. The minimum absolute atomic E-state index is 0.0195. The van der Waals surface area contributed by atoms with Gasteiger partial charge in [0.25, 0.3) is 5.56 Å². The van der Waals surface area contributed by atoms with Crippen LogP contribution in [0.2, 0.25) is 0 Å². The molecular formula is C20H25N3O2. The van der Waals surface area contributed by atoms with E-state index in [0.717, 1.165) is 32.6 Å². The molecular weight excluding hydrogens is 314 g/mol. The van der Waals surface area contributed by atoms with E-state index in [1.807, 2.05) is 4.90 Å². The number of nitrogens with zero attached hydrogens (tertiary/aromatic N) is 3. The molecule has 0 saturated carbocycles. The smallest absolute Gasteiger partial charge is 0.250 e. The van der Waals surface area contributed by atoms with Gasteiger partial charge in [-0.1, -0.05) is 30.3 Å². The molecule has 0 bridgehead atoms. The molecule has 2 aromatic rings. The van der Waals surface area contributed by atoms with Crippen molar-refractivity contribution in [1.29, 1.82) is 0 Å². The summed E-state index contributed by atoms with van der Waals surface area (Å²) in [7, 11) is 0. The van der Waals surface area contributed by atoms with Gasteiger partial charge in [0.05, 0.1) is 0 Å². The summed E-state index contributed by atoms with van der Waals surface area (Å²) in [6.45, 7) is 6.51. The molecule has 1 aliphatic rings. The van der Waals surface area contributed by atoms with Gasteiger partial charge in [0, 0.05) is 45.0 Å². The van der Waals surface area contributed by atoms with Gasteiger partial charge in [0.2, 0.25) is 5.91 Å². The van der Waals surface area contributed by atoms with E-state index in [1.54, 1.807) is 18.3 Å². The van der Waals surface area contributed by atoms with Crippen molar-refractivity contribution in [1.82, 2.24) is 14.4 Å². The van der Waals surface area contributed by atoms with Crippen molar-refractivity contribution in [3.05, 3.63) is 70.1 Å². The Bertz CT molecular complexity index is 784. The number of benzene rings is 1. The number of rotatable bonds is 4. The average Bonchev–Trinajstić information content (AvgIpc) is 2.85. The summed E-state index contributed by atoms with van der Waals surface area (Å²) in [5, 5.41) is 0. The summed E-state index contributed by atoms with van der Waals surface area (Å²) in [6.07, 6.45) is 2.63. The van der Waals surface area contributed by atoms with Crippen molar-refractivity contribution in [3.63, 3.8) is 0 Å². The van der Waals surface area contributed by atoms with E-state index in [-0.39, 0.29) is 18.0 Å². The topological polar surface area (TPSA) is 45.5 Å². The van der Waals surface area contributed by atoms with Gasteiger partial charge >= 0.3 is 0 Å². The molecule has 5 nitrogen and oxygen atoms in total. The molecule has 1 fully saturated rings. The monoisotopic (exact) mass is 339 g/mol. The van der Waals surface area contributed by atoms with Crippen LogP contribution in [0.5, 0.6) is 0 Å². The predicted molar refractivity (Wildman–Crippen MR) is 98.4 cm³/mol. The molecule has 0 atom stereocenters. The van der Waals surface area contributed by atoms with Crippen molar-refractivity contribution in [2.24, 2.45) is 0 Å². The Labute approximate surface area is 148 Å². The Hall–Kier alpha value is -2.40. The summed E-state index contributed by atoms with van der Waals surface area (Å²) in [5.74, 6) is 0.0195. The Kier molecular flexibility index (Phi) is 5.66. The minimum Gasteiger partial charge on any atom is -0.340 e. The maximum Gasteiger partial charge on any atom is 0.250 e. The SMILES string of the molecule is Cc1ccccc1CN1CCCN(C(=O)Cn2ccccc2=O)CC1. The van der Waals surface area contributed by atoms with Crippen LogP contribution in [-0.4, -0.2) is 46.5 Å². The van der Waals surface area contributed by atoms with E-state index >= 15 is 0 Å². The summed E-state index contributed by atoms with van der Waals surface area (Å²) in [4.78, 5) is 28.6. The van der Waals surface area contributed by atoms with E-state index in [9.17, 15) is 9.59 Å². The lowest BCUT2D eigenvalue weighted by Crippen LogP contribution is -2.38. The van der Waals surface area contributed by atoms with Gasteiger partial charge in [-0.25, -0.2) is 0 Å². The van der Waals surface area contributed by atoms with Crippen molar-refractivity contribution in [2.75, 3.05) is 26.2 Å². The molecule has 0 N–H and O–H groups in total. The summed E-state index contributed by atoms with van der Waals surface area (Å²) >= 11 is 0. The Morgan fingerprint density at radius 3 is 2.60 bits per heavy atom. The van der Waals surface area contributed by atoms with Crippen LogP contribution < -0.4 is 5.56 Å². The van der Waals surface area contributed by atoms with Gasteiger partial charge in [-0.2, -0.15) is 0 Å². The van der Waals surface area contributed by atoms with Gasteiger partial charge in [-0.05, 0) is 30.5 Å². The molecule has 0 unspecified atom stereocenters. The van der Waals surface area contributed by atoms with Crippen LogP contribution in [0.25, 0.3) is 0 Å². The third kappa shape index (κ3) is 4.57. The van der Waals surface area contributed by atoms with Gasteiger partial charge in [0.15, 0.2) is 0 Å². The quantitative estimate of drug-likeness (QED) is 0.855. The molecule has 25 heavy (non-hydrogen) atoms. The van der Waals surface area contributed by atoms with Crippen molar-refractivity contribution in [2.45, 2.75) is 26.4 Å². The number of carbonyl (C=O) groups excluding carboxylic acids is 1. The van der Waals surface area contributed by atoms with Gasteiger partial charge < -0.3 is 9.47 Å². The normalized spacial score (nSPS) is 15.8. The second-order valence-electron chi connectivity index (χ2n) is 6.60. The lowest BCUT2D eigenvalue weighted by atomic mass is 10.1. The highest BCUT2D eigenvalue weighted by Crippen LogP contribution is 2.13. The van der Waals surface area contributed by atoms with Crippen molar-refractivity contribution in [3.8, 4) is 0 Å². The zero-order valence-corrected chi connectivity index (χ0v) is 14.7.